The van der Waals surface area contributed by atoms with Crippen LogP contribution in [0, 0.1) is 10.1 Å². The monoisotopic (exact) mass is 570 g/mol. The number of rotatable bonds is 16. The van der Waals surface area contributed by atoms with Crippen molar-refractivity contribution in [2.75, 3.05) is 6.61 Å². The molecule has 40 heavy (non-hydrogen) atoms. The molecule has 0 fully saturated rings. The summed E-state index contributed by atoms with van der Waals surface area (Å²) in [5.41, 5.74) is 10.3. The Bertz CT molecular complexity index is 1310. The summed E-state index contributed by atoms with van der Waals surface area (Å²) < 4.78 is 7.53. The molecule has 0 radical (unpaired) electrons. The van der Waals surface area contributed by atoms with E-state index < -0.39 is 5.09 Å². The summed E-state index contributed by atoms with van der Waals surface area (Å²) in [5, 5.41) is 13.3. The average molecular weight is 571 g/mol. The first-order valence-corrected chi connectivity index (χ1v) is 13.6. The predicted molar refractivity (Wildman–Crippen MR) is 153 cm³/mol. The third-order valence-electron chi connectivity index (χ3n) is 6.40. The first kappa shape index (κ1) is 30.4. The number of nitrogens with two attached hydrogens (primary N) is 2. The Morgan fingerprint density at radius 1 is 1.12 bits per heavy atom. The molecule has 12 heteroatoms. The number of esters is 1. The summed E-state index contributed by atoms with van der Waals surface area (Å²) in [6, 6.07) is 15.7. The maximum absolute atomic E-state index is 12.3. The maximum Gasteiger partial charge on any atom is 0.306 e. The molecule has 0 aliphatic rings. The molecular formula is C28H35ClN6O5. The number of hydrogen-bond acceptors (Lipinski definition) is 8. The fourth-order valence-electron chi connectivity index (χ4n) is 4.26. The lowest BCUT2D eigenvalue weighted by atomic mass is 9.98. The SMILES string of the molecule is CCCCc1nc(Cl)c(COC(=O)CCCCCO[N+](=O)[O-])n1Cc1ccc(-c2ccccc2/C(N)=N/N)cc1. The number of hydrogen-bond donors (Lipinski definition) is 2. The molecule has 0 saturated heterocycles. The fourth-order valence-corrected chi connectivity index (χ4v) is 4.52. The lowest BCUT2D eigenvalue weighted by Crippen LogP contribution is -2.16. The first-order valence-electron chi connectivity index (χ1n) is 13.2. The van der Waals surface area contributed by atoms with Gasteiger partial charge in [0.2, 0.25) is 0 Å². The second kappa shape index (κ2) is 15.5. The molecule has 3 rings (SSSR count). The van der Waals surface area contributed by atoms with Gasteiger partial charge in [0.15, 0.2) is 11.0 Å². The molecule has 0 saturated carbocycles. The standard InChI is InChI=1S/C28H35ClN6O5/c1-2-3-11-25-32-27(29)24(19-39-26(36)12-5-4-8-17-40-35(37)38)34(25)18-20-13-15-21(16-14-20)22-9-6-7-10-23(22)28(30)33-31/h6-7,9-10,13-16H,2-5,8,11-12,17-19,31H2,1H3,(H2,30,33). The lowest BCUT2D eigenvalue weighted by molar-refractivity contribution is -0.757. The Kier molecular flexibility index (Phi) is 11.8. The highest BCUT2D eigenvalue weighted by atomic mass is 35.5. The van der Waals surface area contributed by atoms with Gasteiger partial charge in [0, 0.05) is 24.9 Å². The van der Waals surface area contributed by atoms with Gasteiger partial charge in [0.25, 0.3) is 5.09 Å². The molecule has 0 aliphatic carbocycles. The van der Waals surface area contributed by atoms with Crippen LogP contribution >= 0.6 is 11.6 Å². The van der Waals surface area contributed by atoms with Crippen LogP contribution in [0.3, 0.4) is 0 Å². The summed E-state index contributed by atoms with van der Waals surface area (Å²) >= 11 is 6.51. The number of hydrazone groups is 1. The van der Waals surface area contributed by atoms with Crippen molar-refractivity contribution in [1.82, 2.24) is 9.55 Å². The second-order valence-electron chi connectivity index (χ2n) is 9.24. The quantitative estimate of drug-likeness (QED) is 0.0463. The number of aromatic nitrogens is 2. The molecule has 0 aliphatic heterocycles. The molecule has 0 bridgehead atoms. The minimum Gasteiger partial charge on any atom is -0.459 e. The van der Waals surface area contributed by atoms with Gasteiger partial charge in [-0.2, -0.15) is 5.10 Å². The van der Waals surface area contributed by atoms with Crippen LogP contribution in [0.25, 0.3) is 11.1 Å². The highest BCUT2D eigenvalue weighted by Gasteiger charge is 2.18. The number of imidazole rings is 1. The van der Waals surface area contributed by atoms with Gasteiger partial charge >= 0.3 is 5.97 Å². The van der Waals surface area contributed by atoms with Crippen molar-refractivity contribution in [3.05, 3.63) is 86.4 Å². The zero-order chi connectivity index (χ0) is 28.9. The maximum atomic E-state index is 12.3. The summed E-state index contributed by atoms with van der Waals surface area (Å²) in [6.45, 7) is 2.64. The van der Waals surface area contributed by atoms with Crippen molar-refractivity contribution in [3.8, 4) is 11.1 Å². The van der Waals surface area contributed by atoms with Crippen molar-refractivity contribution < 1.29 is 19.5 Å². The predicted octanol–water partition coefficient (Wildman–Crippen LogP) is 4.99. The Balaban J connectivity index is 1.70. The van der Waals surface area contributed by atoms with Crippen molar-refractivity contribution >= 4 is 23.4 Å². The molecule has 0 unspecified atom stereocenters. The molecule has 1 aromatic heterocycles. The van der Waals surface area contributed by atoms with Crippen LogP contribution in [0.2, 0.25) is 5.15 Å². The van der Waals surface area contributed by atoms with Crippen LogP contribution in [0.4, 0.5) is 0 Å². The van der Waals surface area contributed by atoms with Crippen LogP contribution in [0.1, 0.15) is 68.1 Å². The number of halogens is 1. The molecule has 2 aromatic carbocycles. The highest BCUT2D eigenvalue weighted by Crippen LogP contribution is 2.26. The third-order valence-corrected chi connectivity index (χ3v) is 6.70. The van der Waals surface area contributed by atoms with Gasteiger partial charge in [-0.25, -0.2) is 4.98 Å². The van der Waals surface area contributed by atoms with E-state index in [2.05, 4.69) is 21.8 Å². The largest absolute Gasteiger partial charge is 0.459 e. The van der Waals surface area contributed by atoms with Gasteiger partial charge in [-0.1, -0.05) is 79.9 Å². The molecule has 0 atom stereocenters. The zero-order valence-corrected chi connectivity index (χ0v) is 23.3. The molecule has 1 heterocycles. The topological polar surface area (TPSA) is 161 Å². The number of benzene rings is 2. The number of ether oxygens (including phenoxy) is 1. The van der Waals surface area contributed by atoms with Crippen LogP contribution in [-0.2, 0) is 33.9 Å². The van der Waals surface area contributed by atoms with Gasteiger partial charge in [-0.3, -0.25) is 4.79 Å². The van der Waals surface area contributed by atoms with E-state index in [-0.39, 0.29) is 31.4 Å². The van der Waals surface area contributed by atoms with E-state index in [4.69, 9.17) is 27.9 Å². The number of nitrogens with zero attached hydrogens (tertiary/aromatic N) is 4. The number of amidine groups is 1. The van der Waals surface area contributed by atoms with Crippen LogP contribution in [0.5, 0.6) is 0 Å². The number of aryl methyl sites for hydroxylation is 1. The van der Waals surface area contributed by atoms with Crippen LogP contribution in [-0.4, -0.2) is 33.0 Å². The molecular weight excluding hydrogens is 536 g/mol. The fraction of sp³-hybridized carbons (Fsp3) is 0.393. The van der Waals surface area contributed by atoms with E-state index in [0.29, 0.717) is 36.7 Å². The number of carbonyl (C=O) groups is 1. The van der Waals surface area contributed by atoms with Crippen LogP contribution < -0.4 is 11.6 Å². The van der Waals surface area contributed by atoms with E-state index in [0.717, 1.165) is 47.3 Å². The Hall–Kier alpha value is -4.12. The molecule has 0 spiro atoms. The van der Waals surface area contributed by atoms with E-state index in [9.17, 15) is 14.9 Å². The molecule has 214 valence electrons. The van der Waals surface area contributed by atoms with Crippen molar-refractivity contribution in [1.29, 1.82) is 0 Å². The zero-order valence-electron chi connectivity index (χ0n) is 22.6. The molecule has 0 amide bonds. The second-order valence-corrected chi connectivity index (χ2v) is 9.60. The minimum absolute atomic E-state index is 0.00435. The normalized spacial score (nSPS) is 11.4. The van der Waals surface area contributed by atoms with Gasteiger partial charge in [0.1, 0.15) is 12.4 Å². The summed E-state index contributed by atoms with van der Waals surface area (Å²) in [7, 11) is 0. The highest BCUT2D eigenvalue weighted by molar-refractivity contribution is 6.30. The van der Waals surface area contributed by atoms with Gasteiger partial charge in [0.05, 0.1) is 12.3 Å². The average Bonchev–Trinajstić information content (AvgIpc) is 3.25. The molecule has 11 nitrogen and oxygen atoms in total. The Morgan fingerprint density at radius 2 is 1.88 bits per heavy atom. The van der Waals surface area contributed by atoms with Crippen LogP contribution in [0.15, 0.2) is 53.6 Å². The number of carbonyl (C=O) groups excluding carboxylic acids is 1. The van der Waals surface area contributed by atoms with Gasteiger partial charge < -0.3 is 25.7 Å². The summed E-state index contributed by atoms with van der Waals surface area (Å²) in [5.74, 6) is 6.14. The van der Waals surface area contributed by atoms with E-state index in [1.165, 1.54) is 0 Å². The van der Waals surface area contributed by atoms with Gasteiger partial charge in [-0.05, 0) is 36.0 Å². The molecule has 3 aromatic rings. The smallest absolute Gasteiger partial charge is 0.306 e. The van der Waals surface area contributed by atoms with Crippen molar-refractivity contribution in [2.45, 2.75) is 65.0 Å². The van der Waals surface area contributed by atoms with E-state index in [1.54, 1.807) is 0 Å². The number of unbranched alkanes of at least 4 members (excludes halogenated alkanes) is 3. The first-order chi connectivity index (χ1) is 19.3. The van der Waals surface area contributed by atoms with E-state index in [1.807, 2.05) is 53.1 Å². The Morgan fingerprint density at radius 3 is 2.58 bits per heavy atom. The summed E-state index contributed by atoms with van der Waals surface area (Å²) in [6.07, 6.45) is 4.57. The Labute approximate surface area is 238 Å². The van der Waals surface area contributed by atoms with Gasteiger partial charge in [-0.15, -0.1) is 10.1 Å². The molecule has 4 N–H and O–H groups in total. The lowest BCUT2D eigenvalue weighted by Gasteiger charge is -2.14. The minimum atomic E-state index is -0.821. The van der Waals surface area contributed by atoms with E-state index >= 15 is 0 Å². The summed E-state index contributed by atoms with van der Waals surface area (Å²) in [4.78, 5) is 31.4. The van der Waals surface area contributed by atoms with Crippen molar-refractivity contribution in [2.24, 2.45) is 16.7 Å². The third kappa shape index (κ3) is 8.70. The van der Waals surface area contributed by atoms with Crippen molar-refractivity contribution in [3.63, 3.8) is 0 Å².